The average molecular weight is 196 g/mol. The lowest BCUT2D eigenvalue weighted by Gasteiger charge is -2.39. The fourth-order valence-electron chi connectivity index (χ4n) is 2.56. The molecule has 80 valence electrons. The molecule has 2 aliphatic rings. The molecule has 2 atom stereocenters. The highest BCUT2D eigenvalue weighted by Gasteiger charge is 2.31. The Morgan fingerprint density at radius 1 is 1.36 bits per heavy atom. The van der Waals surface area contributed by atoms with Crippen LogP contribution in [0.5, 0.6) is 0 Å². The number of rotatable bonds is 1. The lowest BCUT2D eigenvalue weighted by molar-refractivity contribution is -0.117. The maximum absolute atomic E-state index is 11.2. The molecular weight excluding hydrogens is 176 g/mol. The van der Waals surface area contributed by atoms with Gasteiger partial charge in [0.15, 0.2) is 0 Å². The molecule has 3 heteroatoms. The van der Waals surface area contributed by atoms with Gasteiger partial charge in [-0.15, -0.1) is 0 Å². The first-order chi connectivity index (χ1) is 6.66. The largest absolute Gasteiger partial charge is 0.304 e. The molecular formula is C11H20N2O. The van der Waals surface area contributed by atoms with Gasteiger partial charge >= 0.3 is 0 Å². The van der Waals surface area contributed by atoms with Crippen LogP contribution in [-0.4, -0.2) is 54.3 Å². The highest BCUT2D eigenvalue weighted by atomic mass is 16.1. The van der Waals surface area contributed by atoms with Crippen molar-refractivity contribution >= 4 is 5.78 Å². The molecule has 0 spiro atoms. The van der Waals surface area contributed by atoms with Gasteiger partial charge in [0.05, 0.1) is 6.54 Å². The van der Waals surface area contributed by atoms with Gasteiger partial charge in [0.1, 0.15) is 5.78 Å². The molecule has 0 amide bonds. The summed E-state index contributed by atoms with van der Waals surface area (Å²) in [6, 6.07) is 1.33. The van der Waals surface area contributed by atoms with Crippen molar-refractivity contribution in [2.75, 3.05) is 26.7 Å². The van der Waals surface area contributed by atoms with Crippen molar-refractivity contribution in [1.29, 1.82) is 0 Å². The maximum atomic E-state index is 11.2. The Morgan fingerprint density at radius 3 is 2.71 bits per heavy atom. The van der Waals surface area contributed by atoms with E-state index in [1.165, 1.54) is 19.4 Å². The van der Waals surface area contributed by atoms with E-state index in [1.807, 2.05) is 0 Å². The second-order valence-electron chi connectivity index (χ2n) is 4.77. The van der Waals surface area contributed by atoms with E-state index in [2.05, 4.69) is 23.8 Å². The minimum atomic E-state index is 0.427. The molecule has 0 N–H and O–H groups in total. The Hall–Kier alpha value is -0.410. The predicted molar refractivity (Wildman–Crippen MR) is 56.3 cm³/mol. The van der Waals surface area contributed by atoms with Crippen LogP contribution >= 0.6 is 0 Å². The molecule has 0 aliphatic carbocycles. The maximum Gasteiger partial charge on any atom is 0.148 e. The van der Waals surface area contributed by atoms with Gasteiger partial charge in [0.2, 0.25) is 0 Å². The molecule has 14 heavy (non-hydrogen) atoms. The van der Waals surface area contributed by atoms with E-state index in [0.717, 1.165) is 13.0 Å². The lowest BCUT2D eigenvalue weighted by atomic mass is 9.98. The molecule has 2 heterocycles. The van der Waals surface area contributed by atoms with Gasteiger partial charge in [0.25, 0.3) is 0 Å². The molecule has 2 aliphatic heterocycles. The van der Waals surface area contributed by atoms with Crippen LogP contribution in [0.2, 0.25) is 0 Å². The summed E-state index contributed by atoms with van der Waals surface area (Å²) in [7, 11) is 2.19. The van der Waals surface area contributed by atoms with Gasteiger partial charge in [-0.25, -0.2) is 0 Å². The molecule has 0 bridgehead atoms. The number of hydrogen-bond donors (Lipinski definition) is 0. The summed E-state index contributed by atoms with van der Waals surface area (Å²) >= 11 is 0. The molecule has 0 aromatic heterocycles. The first-order valence-electron chi connectivity index (χ1n) is 5.63. The van der Waals surface area contributed by atoms with Crippen LogP contribution in [-0.2, 0) is 4.79 Å². The van der Waals surface area contributed by atoms with Crippen LogP contribution in [0.15, 0.2) is 0 Å². The summed E-state index contributed by atoms with van der Waals surface area (Å²) in [5.41, 5.74) is 0. The molecule has 2 unspecified atom stereocenters. The zero-order chi connectivity index (χ0) is 10.1. The minimum absolute atomic E-state index is 0.427. The molecule has 2 fully saturated rings. The predicted octanol–water partition coefficient (Wildman–Crippen LogP) is 0.744. The fourth-order valence-corrected chi connectivity index (χ4v) is 2.56. The molecule has 0 aromatic rings. The molecule has 2 rings (SSSR count). The standard InChI is InChI=1S/C11H20N2O/c1-9-7-10(3-5-12(9)2)13-6-4-11(14)8-13/h9-10H,3-8H2,1-2H3. The van der Waals surface area contributed by atoms with Crippen molar-refractivity contribution in [2.24, 2.45) is 0 Å². The van der Waals surface area contributed by atoms with Gasteiger partial charge < -0.3 is 4.90 Å². The Kier molecular flexibility index (Phi) is 2.88. The zero-order valence-corrected chi connectivity index (χ0v) is 9.20. The number of carbonyl (C=O) groups excluding carboxylic acids is 1. The molecule has 2 saturated heterocycles. The third-order valence-electron chi connectivity index (χ3n) is 3.75. The van der Waals surface area contributed by atoms with E-state index in [9.17, 15) is 4.79 Å². The number of carbonyl (C=O) groups is 1. The van der Waals surface area contributed by atoms with Crippen molar-refractivity contribution < 1.29 is 4.79 Å². The Morgan fingerprint density at radius 2 is 2.14 bits per heavy atom. The lowest BCUT2D eigenvalue weighted by Crippen LogP contribution is -2.46. The topological polar surface area (TPSA) is 23.6 Å². The Bertz CT molecular complexity index is 229. The second-order valence-corrected chi connectivity index (χ2v) is 4.77. The monoisotopic (exact) mass is 196 g/mol. The van der Waals surface area contributed by atoms with Crippen LogP contribution < -0.4 is 0 Å². The van der Waals surface area contributed by atoms with Crippen LogP contribution in [0.4, 0.5) is 0 Å². The summed E-state index contributed by atoms with van der Waals surface area (Å²) in [5, 5.41) is 0. The molecule has 3 nitrogen and oxygen atoms in total. The molecule has 0 radical (unpaired) electrons. The van der Waals surface area contributed by atoms with E-state index in [-0.39, 0.29) is 0 Å². The number of Topliss-reactive ketones (excluding diaryl/α,β-unsaturated/α-hetero) is 1. The number of likely N-dealkylation sites (tertiary alicyclic amines) is 2. The average Bonchev–Trinajstić information content (AvgIpc) is 2.57. The van der Waals surface area contributed by atoms with Crippen molar-refractivity contribution in [3.63, 3.8) is 0 Å². The van der Waals surface area contributed by atoms with E-state index < -0.39 is 0 Å². The van der Waals surface area contributed by atoms with E-state index >= 15 is 0 Å². The van der Waals surface area contributed by atoms with Gasteiger partial charge in [-0.3, -0.25) is 9.69 Å². The smallest absolute Gasteiger partial charge is 0.148 e. The zero-order valence-electron chi connectivity index (χ0n) is 9.20. The summed E-state index contributed by atoms with van der Waals surface area (Å²) in [4.78, 5) is 16.0. The third-order valence-corrected chi connectivity index (χ3v) is 3.75. The third kappa shape index (κ3) is 1.98. The second kappa shape index (κ2) is 3.99. The highest BCUT2D eigenvalue weighted by Crippen LogP contribution is 2.22. The normalized spacial score (nSPS) is 36.6. The van der Waals surface area contributed by atoms with E-state index in [1.54, 1.807) is 0 Å². The Balaban J connectivity index is 1.90. The number of ketones is 1. The first-order valence-corrected chi connectivity index (χ1v) is 5.63. The summed E-state index contributed by atoms with van der Waals surface area (Å²) in [6.45, 7) is 5.17. The van der Waals surface area contributed by atoms with Crippen molar-refractivity contribution in [3.05, 3.63) is 0 Å². The quantitative estimate of drug-likeness (QED) is 0.618. The van der Waals surface area contributed by atoms with Crippen LogP contribution in [0.3, 0.4) is 0 Å². The van der Waals surface area contributed by atoms with E-state index in [0.29, 0.717) is 24.4 Å². The Labute approximate surface area is 86.1 Å². The summed E-state index contributed by atoms with van der Waals surface area (Å²) in [5.74, 6) is 0.427. The number of nitrogens with zero attached hydrogens (tertiary/aromatic N) is 2. The number of piperidine rings is 1. The fraction of sp³-hybridized carbons (Fsp3) is 0.909. The summed E-state index contributed by atoms with van der Waals surface area (Å²) < 4.78 is 0. The van der Waals surface area contributed by atoms with Crippen molar-refractivity contribution in [1.82, 2.24) is 9.80 Å². The van der Waals surface area contributed by atoms with Crippen molar-refractivity contribution in [3.8, 4) is 0 Å². The number of hydrogen-bond acceptors (Lipinski definition) is 3. The first kappa shape index (κ1) is 10.1. The van der Waals surface area contributed by atoms with Crippen LogP contribution in [0.25, 0.3) is 0 Å². The van der Waals surface area contributed by atoms with Gasteiger partial charge in [0, 0.05) is 25.0 Å². The van der Waals surface area contributed by atoms with Crippen molar-refractivity contribution in [2.45, 2.75) is 38.3 Å². The highest BCUT2D eigenvalue weighted by molar-refractivity contribution is 5.82. The summed E-state index contributed by atoms with van der Waals surface area (Å²) in [6.07, 6.45) is 3.23. The van der Waals surface area contributed by atoms with Gasteiger partial charge in [-0.1, -0.05) is 0 Å². The van der Waals surface area contributed by atoms with E-state index in [4.69, 9.17) is 0 Å². The SMILES string of the molecule is CC1CC(N2CCC(=O)C2)CCN1C. The minimum Gasteiger partial charge on any atom is -0.304 e. The van der Waals surface area contributed by atoms with Crippen LogP contribution in [0.1, 0.15) is 26.2 Å². The van der Waals surface area contributed by atoms with Gasteiger partial charge in [-0.05, 0) is 33.4 Å². The molecule has 0 aromatic carbocycles. The molecule has 0 saturated carbocycles. The van der Waals surface area contributed by atoms with Gasteiger partial charge in [-0.2, -0.15) is 0 Å². The van der Waals surface area contributed by atoms with Crippen LogP contribution in [0, 0.1) is 0 Å².